The van der Waals surface area contributed by atoms with Gasteiger partial charge in [0.1, 0.15) is 0 Å². The van der Waals surface area contributed by atoms with E-state index < -0.39 is 0 Å². The van der Waals surface area contributed by atoms with Gasteiger partial charge in [0.05, 0.1) is 19.0 Å². The standard InChI is InChI=1S/C11H14ClN5O2/c1-3-5-17-7-8(6-13-17)19-11-15-9(12)14-10(16-11)18-4-2/h6-7H,3-5H2,1-2H3. The highest BCUT2D eigenvalue weighted by molar-refractivity contribution is 6.28. The summed E-state index contributed by atoms with van der Waals surface area (Å²) < 4.78 is 12.4. The van der Waals surface area contributed by atoms with Gasteiger partial charge in [0, 0.05) is 6.54 Å². The summed E-state index contributed by atoms with van der Waals surface area (Å²) in [7, 11) is 0. The molecule has 0 fully saturated rings. The zero-order chi connectivity index (χ0) is 13.7. The maximum absolute atomic E-state index is 5.76. The molecule has 0 aliphatic heterocycles. The first-order chi connectivity index (χ1) is 9.21. The van der Waals surface area contributed by atoms with Crippen molar-refractivity contribution in [1.29, 1.82) is 0 Å². The van der Waals surface area contributed by atoms with Gasteiger partial charge in [-0.15, -0.1) is 4.98 Å². The number of nitrogens with zero attached hydrogens (tertiary/aromatic N) is 5. The Morgan fingerprint density at radius 3 is 2.74 bits per heavy atom. The lowest BCUT2D eigenvalue weighted by Crippen LogP contribution is -2.01. The van der Waals surface area contributed by atoms with Gasteiger partial charge in [-0.25, -0.2) is 0 Å². The van der Waals surface area contributed by atoms with E-state index in [0.717, 1.165) is 13.0 Å². The van der Waals surface area contributed by atoms with Gasteiger partial charge in [-0.3, -0.25) is 4.68 Å². The summed E-state index contributed by atoms with van der Waals surface area (Å²) in [6.07, 6.45) is 4.35. The second-order valence-corrected chi connectivity index (χ2v) is 3.98. The van der Waals surface area contributed by atoms with E-state index >= 15 is 0 Å². The van der Waals surface area contributed by atoms with Crippen molar-refractivity contribution in [2.24, 2.45) is 0 Å². The molecule has 0 aromatic carbocycles. The van der Waals surface area contributed by atoms with Crippen LogP contribution in [-0.2, 0) is 6.54 Å². The lowest BCUT2D eigenvalue weighted by Gasteiger charge is -2.04. The molecule has 2 rings (SSSR count). The van der Waals surface area contributed by atoms with Crippen molar-refractivity contribution >= 4 is 11.6 Å². The van der Waals surface area contributed by atoms with Crippen molar-refractivity contribution in [3.05, 3.63) is 17.7 Å². The largest absolute Gasteiger partial charge is 0.464 e. The van der Waals surface area contributed by atoms with Crippen molar-refractivity contribution in [2.75, 3.05) is 6.61 Å². The molecule has 8 heteroatoms. The van der Waals surface area contributed by atoms with E-state index in [1.54, 1.807) is 17.1 Å². The monoisotopic (exact) mass is 283 g/mol. The zero-order valence-electron chi connectivity index (χ0n) is 10.7. The van der Waals surface area contributed by atoms with Crippen LogP contribution < -0.4 is 9.47 Å². The quantitative estimate of drug-likeness (QED) is 0.810. The molecular weight excluding hydrogens is 270 g/mol. The molecule has 0 amide bonds. The Bertz CT molecular complexity index is 546. The topological polar surface area (TPSA) is 75.0 Å². The van der Waals surface area contributed by atoms with Gasteiger partial charge in [0.15, 0.2) is 5.75 Å². The summed E-state index contributed by atoms with van der Waals surface area (Å²) in [5, 5.41) is 4.16. The van der Waals surface area contributed by atoms with E-state index in [2.05, 4.69) is 27.0 Å². The molecule has 19 heavy (non-hydrogen) atoms. The second-order valence-electron chi connectivity index (χ2n) is 3.64. The number of hydrogen-bond donors (Lipinski definition) is 0. The lowest BCUT2D eigenvalue weighted by molar-refractivity contribution is 0.303. The molecule has 0 N–H and O–H groups in total. The fraction of sp³-hybridized carbons (Fsp3) is 0.455. The summed E-state index contributed by atoms with van der Waals surface area (Å²) in [5.74, 6) is 0.540. The minimum absolute atomic E-state index is 0.0226. The van der Waals surface area contributed by atoms with Gasteiger partial charge in [0.2, 0.25) is 5.28 Å². The van der Waals surface area contributed by atoms with E-state index in [9.17, 15) is 0 Å². The van der Waals surface area contributed by atoms with Gasteiger partial charge < -0.3 is 9.47 Å². The molecule has 0 atom stereocenters. The minimum atomic E-state index is 0.0226. The molecule has 2 heterocycles. The molecular formula is C11H14ClN5O2. The Labute approximate surface area is 115 Å². The maximum Gasteiger partial charge on any atom is 0.329 e. The third kappa shape index (κ3) is 3.78. The average molecular weight is 284 g/mol. The SMILES string of the molecule is CCCn1cc(Oc2nc(Cl)nc(OCC)n2)cn1. The number of rotatable bonds is 6. The molecule has 2 aromatic rings. The number of aryl methyl sites for hydroxylation is 1. The van der Waals surface area contributed by atoms with E-state index in [-0.39, 0.29) is 17.3 Å². The van der Waals surface area contributed by atoms with E-state index in [1.807, 2.05) is 6.92 Å². The van der Waals surface area contributed by atoms with Crippen LogP contribution in [0.3, 0.4) is 0 Å². The Balaban J connectivity index is 2.12. The van der Waals surface area contributed by atoms with E-state index in [4.69, 9.17) is 21.1 Å². The lowest BCUT2D eigenvalue weighted by atomic mass is 10.5. The number of halogens is 1. The molecule has 0 aliphatic carbocycles. The van der Waals surface area contributed by atoms with E-state index in [1.165, 1.54) is 0 Å². The minimum Gasteiger partial charge on any atom is -0.464 e. The van der Waals surface area contributed by atoms with Crippen LogP contribution in [0.2, 0.25) is 5.28 Å². The molecule has 0 radical (unpaired) electrons. The number of hydrogen-bond acceptors (Lipinski definition) is 6. The summed E-state index contributed by atoms with van der Waals surface area (Å²) in [6.45, 7) is 5.16. The molecule has 7 nitrogen and oxygen atoms in total. The van der Waals surface area contributed by atoms with Crippen LogP contribution in [0.25, 0.3) is 0 Å². The zero-order valence-corrected chi connectivity index (χ0v) is 11.5. The Morgan fingerprint density at radius 2 is 2.00 bits per heavy atom. The normalized spacial score (nSPS) is 10.5. The van der Waals surface area contributed by atoms with Crippen molar-refractivity contribution in [1.82, 2.24) is 24.7 Å². The third-order valence-corrected chi connectivity index (χ3v) is 2.28. The fourth-order valence-corrected chi connectivity index (χ4v) is 1.55. The summed E-state index contributed by atoms with van der Waals surface area (Å²) in [5.41, 5.74) is 0. The van der Waals surface area contributed by atoms with Crippen molar-refractivity contribution in [3.8, 4) is 17.8 Å². The van der Waals surface area contributed by atoms with Crippen molar-refractivity contribution in [2.45, 2.75) is 26.8 Å². The van der Waals surface area contributed by atoms with Crippen LogP contribution in [-0.4, -0.2) is 31.3 Å². The van der Waals surface area contributed by atoms with Crippen LogP contribution in [0.5, 0.6) is 17.8 Å². The molecule has 0 saturated heterocycles. The van der Waals surface area contributed by atoms with Gasteiger partial charge in [0.25, 0.3) is 0 Å². The molecule has 0 spiro atoms. The molecule has 102 valence electrons. The molecule has 0 bridgehead atoms. The van der Waals surface area contributed by atoms with Crippen LogP contribution in [0, 0.1) is 0 Å². The Morgan fingerprint density at radius 1 is 1.21 bits per heavy atom. The summed E-state index contributed by atoms with van der Waals surface area (Å²) in [4.78, 5) is 11.7. The number of ether oxygens (including phenoxy) is 2. The number of aromatic nitrogens is 5. The smallest absolute Gasteiger partial charge is 0.329 e. The highest BCUT2D eigenvalue weighted by Gasteiger charge is 2.09. The first-order valence-corrected chi connectivity index (χ1v) is 6.33. The summed E-state index contributed by atoms with van der Waals surface area (Å²) >= 11 is 5.76. The van der Waals surface area contributed by atoms with Gasteiger partial charge in [-0.05, 0) is 24.9 Å². The van der Waals surface area contributed by atoms with Crippen LogP contribution in [0.1, 0.15) is 20.3 Å². The highest BCUT2D eigenvalue weighted by atomic mass is 35.5. The van der Waals surface area contributed by atoms with Gasteiger partial charge in [-0.1, -0.05) is 6.92 Å². The summed E-state index contributed by atoms with van der Waals surface area (Å²) in [6, 6.07) is 0.220. The van der Waals surface area contributed by atoms with Gasteiger partial charge in [-0.2, -0.15) is 15.1 Å². The molecule has 0 unspecified atom stereocenters. The predicted molar refractivity (Wildman–Crippen MR) is 68.6 cm³/mol. The average Bonchev–Trinajstić information content (AvgIpc) is 2.76. The third-order valence-electron chi connectivity index (χ3n) is 2.11. The molecule has 0 aliphatic rings. The van der Waals surface area contributed by atoms with Crippen LogP contribution in [0.4, 0.5) is 0 Å². The van der Waals surface area contributed by atoms with E-state index in [0.29, 0.717) is 12.4 Å². The predicted octanol–water partition coefficient (Wildman–Crippen LogP) is 2.32. The van der Waals surface area contributed by atoms with Crippen molar-refractivity contribution in [3.63, 3.8) is 0 Å². The Kier molecular flexibility index (Phi) is 4.51. The van der Waals surface area contributed by atoms with Crippen molar-refractivity contribution < 1.29 is 9.47 Å². The maximum atomic E-state index is 5.76. The second kappa shape index (κ2) is 6.33. The van der Waals surface area contributed by atoms with Gasteiger partial charge >= 0.3 is 12.0 Å². The first kappa shape index (κ1) is 13.5. The van der Waals surface area contributed by atoms with Crippen LogP contribution in [0.15, 0.2) is 12.4 Å². The molecule has 2 aromatic heterocycles. The fourth-order valence-electron chi connectivity index (χ4n) is 1.41. The Hall–Kier alpha value is -1.89. The molecule has 0 saturated carbocycles. The highest BCUT2D eigenvalue weighted by Crippen LogP contribution is 2.20. The van der Waals surface area contributed by atoms with Crippen LogP contribution >= 0.6 is 11.6 Å². The first-order valence-electron chi connectivity index (χ1n) is 5.96.